The molecule has 1 atom stereocenters. The molecule has 6 rings (SSSR count). The van der Waals surface area contributed by atoms with Crippen LogP contribution in [0.2, 0.25) is 5.02 Å². The first-order valence-corrected chi connectivity index (χ1v) is 13.6. The zero-order valence-corrected chi connectivity index (χ0v) is 22.6. The van der Waals surface area contributed by atoms with Gasteiger partial charge in [-0.3, -0.25) is 20.4 Å². The number of fused-ring (bicyclic) bond motifs is 1. The molecule has 1 unspecified atom stereocenters. The van der Waals surface area contributed by atoms with Crippen LogP contribution in [0.25, 0.3) is 10.9 Å². The van der Waals surface area contributed by atoms with Crippen LogP contribution in [-0.2, 0) is 0 Å². The van der Waals surface area contributed by atoms with Crippen LogP contribution in [0.4, 0.5) is 21.5 Å². The summed E-state index contributed by atoms with van der Waals surface area (Å²) >= 11 is 6.77. The summed E-state index contributed by atoms with van der Waals surface area (Å²) in [5.41, 5.74) is 15.0. The smallest absolute Gasteiger partial charge is 0.123 e. The lowest BCUT2D eigenvalue weighted by atomic mass is 10.0. The number of nitrogens with one attached hydrogen (secondary N) is 4. The molecular formula is C30H28ClFN8. The van der Waals surface area contributed by atoms with Crippen LogP contribution in [0.1, 0.15) is 36.9 Å². The van der Waals surface area contributed by atoms with E-state index in [1.807, 2.05) is 60.6 Å². The summed E-state index contributed by atoms with van der Waals surface area (Å²) in [5.74, 6) is -0.299. The predicted molar refractivity (Wildman–Crippen MR) is 157 cm³/mol. The van der Waals surface area contributed by atoms with Crippen molar-refractivity contribution in [1.29, 1.82) is 5.26 Å². The van der Waals surface area contributed by atoms with Gasteiger partial charge in [0.15, 0.2) is 0 Å². The number of hydrogen-bond acceptors (Lipinski definition) is 8. The molecule has 1 aliphatic heterocycles. The molecule has 1 aliphatic carbocycles. The Morgan fingerprint density at radius 2 is 1.95 bits per heavy atom. The van der Waals surface area contributed by atoms with Gasteiger partial charge >= 0.3 is 0 Å². The number of rotatable bonds is 9. The third-order valence-corrected chi connectivity index (χ3v) is 7.34. The van der Waals surface area contributed by atoms with Crippen molar-refractivity contribution >= 4 is 39.6 Å². The van der Waals surface area contributed by atoms with Crippen LogP contribution in [0.15, 0.2) is 84.8 Å². The molecule has 40 heavy (non-hydrogen) atoms. The van der Waals surface area contributed by atoms with Gasteiger partial charge in [0.05, 0.1) is 39.2 Å². The fourth-order valence-corrected chi connectivity index (χ4v) is 5.09. The average molecular weight is 555 g/mol. The number of pyridine rings is 1. The summed E-state index contributed by atoms with van der Waals surface area (Å²) in [7, 11) is 0. The van der Waals surface area contributed by atoms with E-state index in [4.69, 9.17) is 11.6 Å². The predicted octanol–water partition coefficient (Wildman–Crippen LogP) is 6.23. The van der Waals surface area contributed by atoms with Gasteiger partial charge in [-0.1, -0.05) is 41.9 Å². The Morgan fingerprint density at radius 3 is 2.65 bits per heavy atom. The first kappa shape index (κ1) is 25.7. The maximum Gasteiger partial charge on any atom is 0.123 e. The maximum absolute atomic E-state index is 13.8. The van der Waals surface area contributed by atoms with E-state index >= 15 is 0 Å². The van der Waals surface area contributed by atoms with E-state index in [0.29, 0.717) is 39.8 Å². The number of para-hydroxylation sites is 1. The number of halogens is 2. The van der Waals surface area contributed by atoms with Gasteiger partial charge in [0, 0.05) is 36.1 Å². The van der Waals surface area contributed by atoms with Crippen LogP contribution in [-0.4, -0.2) is 22.6 Å². The van der Waals surface area contributed by atoms with Crippen molar-refractivity contribution < 1.29 is 4.39 Å². The Labute approximate surface area is 237 Å². The lowest BCUT2D eigenvalue weighted by Crippen LogP contribution is -2.38. The highest BCUT2D eigenvalue weighted by Gasteiger charge is 2.32. The first-order valence-electron chi connectivity index (χ1n) is 13.2. The van der Waals surface area contributed by atoms with E-state index in [0.717, 1.165) is 35.5 Å². The Hall–Kier alpha value is -4.52. The number of nitriles is 1. The van der Waals surface area contributed by atoms with Gasteiger partial charge in [0.2, 0.25) is 0 Å². The molecule has 8 nitrogen and oxygen atoms in total. The zero-order chi connectivity index (χ0) is 27.6. The molecule has 0 radical (unpaired) electrons. The molecule has 2 aliphatic rings. The van der Waals surface area contributed by atoms with E-state index in [1.54, 1.807) is 12.1 Å². The lowest BCUT2D eigenvalue weighted by molar-refractivity contribution is 0.260. The van der Waals surface area contributed by atoms with Crippen molar-refractivity contribution in [2.75, 3.05) is 22.3 Å². The van der Waals surface area contributed by atoms with Gasteiger partial charge in [-0.15, -0.1) is 5.53 Å². The Bertz CT molecular complexity index is 1600. The molecule has 1 fully saturated rings. The van der Waals surface area contributed by atoms with E-state index in [9.17, 15) is 9.65 Å². The second-order valence-corrected chi connectivity index (χ2v) is 10.2. The van der Waals surface area contributed by atoms with E-state index < -0.39 is 0 Å². The number of hydrazine groups is 3. The molecule has 1 aromatic heterocycles. The molecule has 0 amide bonds. The van der Waals surface area contributed by atoms with Crippen molar-refractivity contribution in [3.63, 3.8) is 0 Å². The summed E-state index contributed by atoms with van der Waals surface area (Å²) in [6.07, 6.45) is 5.85. The minimum absolute atomic E-state index is 0.299. The number of anilines is 3. The number of hydrogen-bond donors (Lipinski definition) is 4. The molecule has 0 saturated heterocycles. The summed E-state index contributed by atoms with van der Waals surface area (Å²) in [6.45, 7) is 2.69. The summed E-state index contributed by atoms with van der Waals surface area (Å²) in [5, 5.41) is 18.7. The Morgan fingerprint density at radius 1 is 1.18 bits per heavy atom. The average Bonchev–Trinajstić information content (AvgIpc) is 3.72. The molecule has 1 saturated carbocycles. The highest BCUT2D eigenvalue weighted by Crippen LogP contribution is 2.37. The quantitative estimate of drug-likeness (QED) is 0.181. The molecule has 202 valence electrons. The van der Waals surface area contributed by atoms with Crippen LogP contribution in [0, 0.1) is 17.1 Å². The van der Waals surface area contributed by atoms with Crippen LogP contribution in [0.5, 0.6) is 0 Å². The second-order valence-electron chi connectivity index (χ2n) is 9.79. The molecule has 4 aromatic rings. The summed E-state index contributed by atoms with van der Waals surface area (Å²) in [6, 6.07) is 22.5. The van der Waals surface area contributed by atoms with Crippen LogP contribution < -0.4 is 26.7 Å². The molecule has 0 bridgehead atoms. The summed E-state index contributed by atoms with van der Waals surface area (Å²) in [4.78, 5) is 4.50. The van der Waals surface area contributed by atoms with E-state index in [-0.39, 0.29) is 11.9 Å². The summed E-state index contributed by atoms with van der Waals surface area (Å²) < 4.78 is 13.8. The fraction of sp³-hybridized carbons (Fsp3) is 0.200. The monoisotopic (exact) mass is 554 g/mol. The van der Waals surface area contributed by atoms with Crippen molar-refractivity contribution in [2.24, 2.45) is 0 Å². The second kappa shape index (κ2) is 10.9. The zero-order valence-electron chi connectivity index (χ0n) is 21.8. The van der Waals surface area contributed by atoms with Crippen molar-refractivity contribution in [3.8, 4) is 6.07 Å². The highest BCUT2D eigenvalue weighted by molar-refractivity contribution is 6.35. The van der Waals surface area contributed by atoms with Gasteiger partial charge in [-0.2, -0.15) is 5.26 Å². The van der Waals surface area contributed by atoms with Gasteiger partial charge in [0.25, 0.3) is 0 Å². The van der Waals surface area contributed by atoms with Gasteiger partial charge in [0.1, 0.15) is 11.9 Å². The molecule has 0 spiro atoms. The lowest BCUT2D eigenvalue weighted by Gasteiger charge is -2.27. The topological polar surface area (TPSA) is 91.3 Å². The van der Waals surface area contributed by atoms with Crippen molar-refractivity contribution in [3.05, 3.63) is 107 Å². The molecule has 2 heterocycles. The van der Waals surface area contributed by atoms with Crippen molar-refractivity contribution in [2.45, 2.75) is 31.8 Å². The van der Waals surface area contributed by atoms with Crippen LogP contribution in [0.3, 0.4) is 0 Å². The number of aromatic nitrogens is 1. The SMILES string of the molecule is CCN(Nc1c(C#N)cnc2c(Cl)cc(NC(C3=CN(C4CC4)NN3)c3ccc(F)cc3)cc12)c1ccccc1. The Kier molecular flexibility index (Phi) is 7.03. The number of benzene rings is 3. The standard InChI is InChI=1S/C30H28ClFN8/c1-2-39(23-6-4-3-5-7-23)37-28-20(16-33)17-34-30-25(28)14-22(15-26(30)31)35-29(19-8-10-21(32)11-9-19)27-18-40(38-36-27)24-12-13-24/h3-11,14-15,17-18,24,29,35-36,38H,2,12-13H2,1H3,(H,34,37). The highest BCUT2D eigenvalue weighted by atomic mass is 35.5. The Balaban J connectivity index is 1.41. The van der Waals surface area contributed by atoms with Gasteiger partial charge in [-0.25, -0.2) is 4.39 Å². The minimum atomic E-state index is -0.328. The normalized spacial score (nSPS) is 15.2. The third-order valence-electron chi connectivity index (χ3n) is 7.05. The maximum atomic E-state index is 13.8. The molecule has 3 aromatic carbocycles. The van der Waals surface area contributed by atoms with Crippen LogP contribution >= 0.6 is 11.6 Å². The molecule has 4 N–H and O–H groups in total. The fourth-order valence-electron chi connectivity index (χ4n) is 4.82. The molecule has 10 heteroatoms. The van der Waals surface area contributed by atoms with Gasteiger partial charge < -0.3 is 10.7 Å². The minimum Gasteiger partial charge on any atom is -0.373 e. The van der Waals surface area contributed by atoms with Crippen molar-refractivity contribution in [1.82, 2.24) is 21.0 Å². The first-order chi connectivity index (χ1) is 19.5. The largest absolute Gasteiger partial charge is 0.373 e. The molecular weight excluding hydrogens is 527 g/mol. The van der Waals surface area contributed by atoms with E-state index in [2.05, 4.69) is 37.8 Å². The van der Waals surface area contributed by atoms with E-state index in [1.165, 1.54) is 18.3 Å². The third kappa shape index (κ3) is 5.19. The van der Waals surface area contributed by atoms with Gasteiger partial charge in [-0.05, 0) is 61.7 Å². The number of nitrogens with zero attached hydrogens (tertiary/aromatic N) is 4.